The van der Waals surface area contributed by atoms with Gasteiger partial charge in [0.1, 0.15) is 0 Å². The van der Waals surface area contributed by atoms with Crippen molar-refractivity contribution in [3.8, 4) is 0 Å². The topological polar surface area (TPSA) is 55.8 Å². The number of carbonyl (C=O) groups excluding carboxylic acids is 2. The van der Waals surface area contributed by atoms with Gasteiger partial charge in [-0.25, -0.2) is 4.79 Å². The normalized spacial score (nSPS) is 15.2. The van der Waals surface area contributed by atoms with Crippen molar-refractivity contribution in [1.29, 1.82) is 0 Å². The molecule has 0 amide bonds. The average molecular weight is 384 g/mol. The van der Waals surface area contributed by atoms with Crippen LogP contribution in [-0.4, -0.2) is 49.4 Å². The molecule has 1 aromatic carbocycles. The van der Waals surface area contributed by atoms with Crippen molar-refractivity contribution in [3.63, 3.8) is 0 Å². The van der Waals surface area contributed by atoms with E-state index in [0.717, 1.165) is 17.0 Å². The number of esters is 2. The molecule has 0 saturated carbocycles. The Hall–Kier alpha value is -1.50. The predicted molar refractivity (Wildman–Crippen MR) is 99.5 cm³/mol. The first-order valence-corrected chi connectivity index (χ1v) is 9.46. The zero-order valence-corrected chi connectivity index (χ0v) is 16.0. The molecule has 2 rings (SSSR count). The van der Waals surface area contributed by atoms with Crippen molar-refractivity contribution in [2.24, 2.45) is 0 Å². The number of thioether (sulfide) groups is 1. The van der Waals surface area contributed by atoms with Crippen LogP contribution in [0.15, 0.2) is 34.7 Å². The van der Waals surface area contributed by atoms with E-state index in [4.69, 9.17) is 21.1 Å². The van der Waals surface area contributed by atoms with E-state index in [1.54, 1.807) is 6.92 Å². The van der Waals surface area contributed by atoms with Gasteiger partial charge in [-0.3, -0.25) is 9.69 Å². The lowest BCUT2D eigenvalue weighted by Gasteiger charge is -2.29. The second-order valence-corrected chi connectivity index (χ2v) is 7.02. The van der Waals surface area contributed by atoms with Gasteiger partial charge in [0.05, 0.1) is 25.0 Å². The molecule has 1 aromatic rings. The van der Waals surface area contributed by atoms with Crippen LogP contribution in [0, 0.1) is 0 Å². The number of carbonyl (C=O) groups is 2. The lowest BCUT2D eigenvalue weighted by atomic mass is 10.1. The van der Waals surface area contributed by atoms with Crippen LogP contribution in [0.25, 0.3) is 0 Å². The van der Waals surface area contributed by atoms with Crippen LogP contribution in [0.4, 0.5) is 0 Å². The van der Waals surface area contributed by atoms with Gasteiger partial charge in [-0.2, -0.15) is 0 Å². The smallest absolute Gasteiger partial charge is 0.335 e. The highest BCUT2D eigenvalue weighted by molar-refractivity contribution is 8.03. The van der Waals surface area contributed by atoms with Crippen molar-refractivity contribution in [1.82, 2.24) is 4.90 Å². The maximum Gasteiger partial charge on any atom is 0.335 e. The highest BCUT2D eigenvalue weighted by atomic mass is 35.5. The fourth-order valence-corrected chi connectivity index (χ4v) is 3.74. The molecule has 5 nitrogen and oxygen atoms in total. The summed E-state index contributed by atoms with van der Waals surface area (Å²) in [5, 5.41) is 0.716. The quantitative estimate of drug-likeness (QED) is 0.673. The SMILES string of the molecule is CCOC(=O)CSC1=C(C(=O)OC)CN(Cc2ccccc2Cl)CC1. The molecule has 0 spiro atoms. The van der Waals surface area contributed by atoms with Crippen LogP contribution < -0.4 is 0 Å². The largest absolute Gasteiger partial charge is 0.466 e. The zero-order valence-electron chi connectivity index (χ0n) is 14.4. The third kappa shape index (κ3) is 5.76. The Morgan fingerprint density at radius 2 is 2.08 bits per heavy atom. The summed E-state index contributed by atoms with van der Waals surface area (Å²) in [4.78, 5) is 26.8. The predicted octanol–water partition coefficient (Wildman–Crippen LogP) is 3.27. The summed E-state index contributed by atoms with van der Waals surface area (Å²) >= 11 is 7.59. The van der Waals surface area contributed by atoms with Crippen LogP contribution in [0.1, 0.15) is 18.9 Å². The number of halogens is 1. The number of methoxy groups -OCH3 is 1. The molecule has 1 aliphatic heterocycles. The summed E-state index contributed by atoms with van der Waals surface area (Å²) in [5.74, 6) is -0.424. The molecule has 25 heavy (non-hydrogen) atoms. The summed E-state index contributed by atoms with van der Waals surface area (Å²) < 4.78 is 9.86. The lowest BCUT2D eigenvalue weighted by Crippen LogP contribution is -2.34. The second kappa shape index (κ2) is 9.85. The Kier molecular flexibility index (Phi) is 7.81. The highest BCUT2D eigenvalue weighted by Gasteiger charge is 2.25. The Labute approximate surface area is 157 Å². The molecule has 0 aromatic heterocycles. The van der Waals surface area contributed by atoms with Crippen LogP contribution in [0.5, 0.6) is 0 Å². The molecule has 0 saturated heterocycles. The first kappa shape index (κ1) is 19.8. The third-order valence-corrected chi connectivity index (χ3v) is 5.37. The minimum Gasteiger partial charge on any atom is -0.466 e. The lowest BCUT2D eigenvalue weighted by molar-refractivity contribution is -0.140. The maximum atomic E-state index is 12.2. The summed E-state index contributed by atoms with van der Waals surface area (Å²) in [6.45, 7) is 4.05. The van der Waals surface area contributed by atoms with Crippen LogP contribution in [0.3, 0.4) is 0 Å². The molecule has 1 heterocycles. The van der Waals surface area contributed by atoms with Gasteiger partial charge in [-0.1, -0.05) is 29.8 Å². The Morgan fingerprint density at radius 1 is 1.32 bits per heavy atom. The van der Waals surface area contributed by atoms with Crippen molar-refractivity contribution < 1.29 is 19.1 Å². The van der Waals surface area contributed by atoms with E-state index in [0.29, 0.717) is 36.7 Å². The molecule has 0 bridgehead atoms. The van der Waals surface area contributed by atoms with Gasteiger partial charge in [0.15, 0.2) is 0 Å². The van der Waals surface area contributed by atoms with Gasteiger partial charge < -0.3 is 9.47 Å². The molecule has 0 atom stereocenters. The average Bonchev–Trinajstić information content (AvgIpc) is 2.62. The van der Waals surface area contributed by atoms with Crippen molar-refractivity contribution in [3.05, 3.63) is 45.3 Å². The zero-order chi connectivity index (χ0) is 18.2. The molecule has 7 heteroatoms. The first-order chi connectivity index (χ1) is 12.0. The minimum absolute atomic E-state index is 0.203. The monoisotopic (exact) mass is 383 g/mol. The molecule has 0 aliphatic carbocycles. The number of hydrogen-bond donors (Lipinski definition) is 0. The molecular formula is C18H22ClNO4S. The number of nitrogens with zero attached hydrogens (tertiary/aromatic N) is 1. The molecule has 136 valence electrons. The Bertz CT molecular complexity index is 662. The molecule has 0 unspecified atom stereocenters. The van der Waals surface area contributed by atoms with Crippen LogP contribution >= 0.6 is 23.4 Å². The molecule has 0 fully saturated rings. The van der Waals surface area contributed by atoms with E-state index < -0.39 is 0 Å². The standard InChI is InChI=1S/C18H22ClNO4S/c1-3-24-17(21)12-25-16-8-9-20(11-14(16)18(22)23-2)10-13-6-4-5-7-15(13)19/h4-7H,3,8-12H2,1-2H3. The molecule has 1 aliphatic rings. The van der Waals surface area contributed by atoms with E-state index in [-0.39, 0.29) is 17.7 Å². The molecular weight excluding hydrogens is 362 g/mol. The summed E-state index contributed by atoms with van der Waals surface area (Å²) in [7, 11) is 1.37. The second-order valence-electron chi connectivity index (χ2n) is 5.54. The van der Waals surface area contributed by atoms with Gasteiger partial charge in [-0.15, -0.1) is 11.8 Å². The first-order valence-electron chi connectivity index (χ1n) is 8.09. The third-order valence-electron chi connectivity index (χ3n) is 3.83. The minimum atomic E-state index is -0.352. The van der Waals surface area contributed by atoms with Gasteiger partial charge in [0.25, 0.3) is 0 Å². The highest BCUT2D eigenvalue weighted by Crippen LogP contribution is 2.30. The summed E-state index contributed by atoms with van der Waals surface area (Å²) in [6.07, 6.45) is 0.693. The van der Waals surface area contributed by atoms with E-state index >= 15 is 0 Å². The Morgan fingerprint density at radius 3 is 2.76 bits per heavy atom. The molecule has 0 N–H and O–H groups in total. The van der Waals surface area contributed by atoms with E-state index in [9.17, 15) is 9.59 Å². The van der Waals surface area contributed by atoms with Crippen molar-refractivity contribution >= 4 is 35.3 Å². The Balaban J connectivity index is 2.07. The van der Waals surface area contributed by atoms with Crippen molar-refractivity contribution in [2.75, 3.05) is 32.6 Å². The van der Waals surface area contributed by atoms with E-state index in [2.05, 4.69) is 4.90 Å². The summed E-state index contributed by atoms with van der Waals surface area (Å²) in [6, 6.07) is 7.68. The van der Waals surface area contributed by atoms with E-state index in [1.807, 2.05) is 24.3 Å². The maximum absolute atomic E-state index is 12.2. The number of benzene rings is 1. The van der Waals surface area contributed by atoms with Crippen LogP contribution in [-0.2, 0) is 25.6 Å². The van der Waals surface area contributed by atoms with Gasteiger partial charge >= 0.3 is 11.9 Å². The van der Waals surface area contributed by atoms with Gasteiger partial charge in [0, 0.05) is 24.7 Å². The van der Waals surface area contributed by atoms with Crippen molar-refractivity contribution in [2.45, 2.75) is 19.9 Å². The number of hydrogen-bond acceptors (Lipinski definition) is 6. The number of rotatable bonds is 7. The molecule has 0 radical (unpaired) electrons. The fourth-order valence-electron chi connectivity index (χ4n) is 2.61. The fraction of sp³-hybridized carbons (Fsp3) is 0.444. The van der Waals surface area contributed by atoms with Gasteiger partial charge in [-0.05, 0) is 29.9 Å². The summed E-state index contributed by atoms with van der Waals surface area (Å²) in [5.41, 5.74) is 1.63. The van der Waals surface area contributed by atoms with Gasteiger partial charge in [0.2, 0.25) is 0 Å². The number of ether oxygens (including phenoxy) is 2. The van der Waals surface area contributed by atoms with E-state index in [1.165, 1.54) is 18.9 Å². The van der Waals surface area contributed by atoms with Crippen LogP contribution in [0.2, 0.25) is 5.02 Å².